The molecule has 7 aromatic carbocycles. The van der Waals surface area contributed by atoms with Gasteiger partial charge >= 0.3 is 0 Å². The van der Waals surface area contributed by atoms with Gasteiger partial charge < -0.3 is 0 Å². The van der Waals surface area contributed by atoms with Crippen molar-refractivity contribution >= 4 is 40.0 Å². The summed E-state index contributed by atoms with van der Waals surface area (Å²) in [5.74, 6) is 0.763. The van der Waals surface area contributed by atoms with Gasteiger partial charge in [0.25, 0.3) is 0 Å². The molecule has 2 heterocycles. The zero-order chi connectivity index (χ0) is 31.5. The van der Waals surface area contributed by atoms with Crippen LogP contribution in [0.2, 0.25) is 13.1 Å². The van der Waals surface area contributed by atoms with E-state index in [1.165, 1.54) is 59.7 Å². The third kappa shape index (κ3) is 4.46. The second kappa shape index (κ2) is 10.7. The fourth-order valence-electron chi connectivity index (χ4n) is 7.62. The summed E-state index contributed by atoms with van der Waals surface area (Å²) in [6.07, 6.45) is 0. The van der Waals surface area contributed by atoms with Crippen molar-refractivity contribution in [2.45, 2.75) is 13.1 Å². The molecule has 0 atom stereocenters. The second-order valence-corrected chi connectivity index (χ2v) is 17.3. The van der Waals surface area contributed by atoms with Gasteiger partial charge in [0.1, 0.15) is 8.07 Å². The molecule has 0 amide bonds. The summed E-state index contributed by atoms with van der Waals surface area (Å²) in [4.78, 5) is 11.0. The molecule has 1 aromatic heterocycles. The summed E-state index contributed by atoms with van der Waals surface area (Å²) >= 11 is 0. The number of benzene rings is 7. The van der Waals surface area contributed by atoms with Gasteiger partial charge in [0.05, 0.1) is 11.4 Å². The molecule has 0 spiro atoms. The van der Waals surface area contributed by atoms with E-state index in [1.807, 2.05) is 0 Å². The molecule has 1 aliphatic heterocycles. The Morgan fingerprint density at radius 2 is 0.894 bits per heavy atom. The molecule has 9 rings (SSSR count). The molecule has 3 heteroatoms. The van der Waals surface area contributed by atoms with E-state index in [1.54, 1.807) is 0 Å². The molecule has 8 aromatic rings. The summed E-state index contributed by atoms with van der Waals surface area (Å²) in [5, 5.41) is 7.86. The number of hydrogen-bond donors (Lipinski definition) is 0. The minimum absolute atomic E-state index is 0.763. The third-order valence-electron chi connectivity index (χ3n) is 9.81. The van der Waals surface area contributed by atoms with Gasteiger partial charge in [-0.05, 0) is 66.3 Å². The second-order valence-electron chi connectivity index (χ2n) is 13.0. The Morgan fingerprint density at radius 1 is 0.383 bits per heavy atom. The van der Waals surface area contributed by atoms with Crippen LogP contribution in [-0.4, -0.2) is 18.0 Å². The van der Waals surface area contributed by atoms with Crippen LogP contribution in [0.5, 0.6) is 0 Å². The first-order chi connectivity index (χ1) is 23.1. The molecular formula is C44H32N2Si. The van der Waals surface area contributed by atoms with E-state index in [0.29, 0.717) is 0 Å². The largest absolute Gasteiger partial charge is 0.228 e. The Morgan fingerprint density at radius 3 is 1.64 bits per heavy atom. The maximum atomic E-state index is 5.52. The van der Waals surface area contributed by atoms with Gasteiger partial charge in [0.2, 0.25) is 0 Å². The van der Waals surface area contributed by atoms with E-state index in [2.05, 4.69) is 171 Å². The number of rotatable bonds is 4. The lowest BCUT2D eigenvalue weighted by Gasteiger charge is -2.23. The monoisotopic (exact) mass is 616 g/mol. The van der Waals surface area contributed by atoms with Crippen LogP contribution in [0, 0.1) is 0 Å². The van der Waals surface area contributed by atoms with E-state index < -0.39 is 8.07 Å². The number of hydrogen-bond acceptors (Lipinski definition) is 2. The van der Waals surface area contributed by atoms with Gasteiger partial charge in [-0.15, -0.1) is 0 Å². The van der Waals surface area contributed by atoms with Crippen LogP contribution in [0.15, 0.2) is 158 Å². The van der Waals surface area contributed by atoms with Crippen molar-refractivity contribution in [2.24, 2.45) is 0 Å². The van der Waals surface area contributed by atoms with Crippen LogP contribution in [0.4, 0.5) is 0 Å². The highest BCUT2D eigenvalue weighted by atomic mass is 28.3. The molecular weight excluding hydrogens is 585 g/mol. The lowest BCUT2D eigenvalue weighted by molar-refractivity contribution is 1.20. The van der Waals surface area contributed by atoms with Crippen molar-refractivity contribution in [3.8, 4) is 56.2 Å². The Balaban J connectivity index is 1.28. The maximum absolute atomic E-state index is 5.52. The molecule has 2 nitrogen and oxygen atoms in total. The van der Waals surface area contributed by atoms with Crippen molar-refractivity contribution < 1.29 is 0 Å². The molecule has 1 aliphatic rings. The van der Waals surface area contributed by atoms with E-state index in [4.69, 9.17) is 9.97 Å². The van der Waals surface area contributed by atoms with Crippen LogP contribution in [0.1, 0.15) is 0 Å². The molecule has 0 fully saturated rings. The van der Waals surface area contributed by atoms with Crippen molar-refractivity contribution in [2.75, 3.05) is 0 Å². The highest BCUT2D eigenvalue weighted by molar-refractivity contribution is 7.05. The van der Waals surface area contributed by atoms with Crippen molar-refractivity contribution in [1.29, 1.82) is 0 Å². The molecule has 0 saturated heterocycles. The molecule has 0 saturated carbocycles. The van der Waals surface area contributed by atoms with Crippen LogP contribution in [0.25, 0.3) is 77.7 Å². The van der Waals surface area contributed by atoms with Gasteiger partial charge in [0, 0.05) is 16.7 Å². The van der Waals surface area contributed by atoms with Gasteiger partial charge in [-0.2, -0.15) is 0 Å². The Kier molecular flexibility index (Phi) is 6.31. The smallest absolute Gasteiger partial charge is 0.160 e. The standard InChI is InChI=1S/C44H32N2Si/c1-47(2)42-37-23-9-7-16-31(37)25-26-39(42)41-43(47)40(38-24-12-17-30-15-6-8-22-36(30)38)45-44(46-41)35-21-11-20-34(28-35)33-19-10-18-32(27-33)29-13-4-3-5-14-29/h3-28H,1-2H3. The normalized spacial score (nSPS) is 13.1. The van der Waals surface area contributed by atoms with Gasteiger partial charge in [0.15, 0.2) is 5.82 Å². The maximum Gasteiger partial charge on any atom is 0.160 e. The Hall–Kier alpha value is -5.64. The first-order valence-electron chi connectivity index (χ1n) is 16.3. The lowest BCUT2D eigenvalue weighted by atomic mass is 9.97. The van der Waals surface area contributed by atoms with E-state index in [-0.39, 0.29) is 0 Å². The van der Waals surface area contributed by atoms with E-state index >= 15 is 0 Å². The van der Waals surface area contributed by atoms with Crippen LogP contribution in [0.3, 0.4) is 0 Å². The van der Waals surface area contributed by atoms with E-state index in [0.717, 1.165) is 28.3 Å². The average Bonchev–Trinajstić information content (AvgIpc) is 3.38. The summed E-state index contributed by atoms with van der Waals surface area (Å²) in [6.45, 7) is 4.95. The molecule has 222 valence electrons. The first kappa shape index (κ1) is 27.6. The molecule has 47 heavy (non-hydrogen) atoms. The van der Waals surface area contributed by atoms with Gasteiger partial charge in [-0.1, -0.05) is 159 Å². The topological polar surface area (TPSA) is 25.8 Å². The highest BCUT2D eigenvalue weighted by Crippen LogP contribution is 2.38. The van der Waals surface area contributed by atoms with Crippen molar-refractivity contribution in [1.82, 2.24) is 9.97 Å². The quantitative estimate of drug-likeness (QED) is 0.184. The summed E-state index contributed by atoms with van der Waals surface area (Å²) in [5.41, 5.74) is 10.3. The van der Waals surface area contributed by atoms with E-state index in [9.17, 15) is 0 Å². The highest BCUT2D eigenvalue weighted by Gasteiger charge is 2.43. The fraction of sp³-hybridized carbons (Fsp3) is 0.0455. The number of fused-ring (bicyclic) bond motifs is 6. The molecule has 0 unspecified atom stereocenters. The molecule has 0 aliphatic carbocycles. The van der Waals surface area contributed by atoms with Gasteiger partial charge in [-0.25, -0.2) is 9.97 Å². The summed E-state index contributed by atoms with van der Waals surface area (Å²) in [7, 11) is -2.21. The minimum atomic E-state index is -2.21. The Labute approximate surface area is 276 Å². The SMILES string of the molecule is C[Si]1(C)c2c(nc(-c3cccc(-c4cccc(-c5ccccc5)c4)c3)nc2-c2cccc3ccccc23)-c2ccc3ccccc3c21. The van der Waals surface area contributed by atoms with Crippen molar-refractivity contribution in [3.63, 3.8) is 0 Å². The fourth-order valence-corrected chi connectivity index (χ4v) is 11.2. The number of aromatic nitrogens is 2. The molecule has 0 N–H and O–H groups in total. The third-order valence-corrected chi connectivity index (χ3v) is 13.3. The van der Waals surface area contributed by atoms with Crippen LogP contribution < -0.4 is 10.4 Å². The summed E-state index contributed by atoms with van der Waals surface area (Å²) < 4.78 is 0. The molecule has 0 radical (unpaired) electrons. The zero-order valence-electron chi connectivity index (χ0n) is 26.4. The lowest BCUT2D eigenvalue weighted by Crippen LogP contribution is -2.50. The van der Waals surface area contributed by atoms with Crippen LogP contribution in [-0.2, 0) is 0 Å². The zero-order valence-corrected chi connectivity index (χ0v) is 27.4. The predicted molar refractivity (Wildman–Crippen MR) is 201 cm³/mol. The molecule has 0 bridgehead atoms. The minimum Gasteiger partial charge on any atom is -0.228 e. The average molecular weight is 617 g/mol. The number of nitrogens with zero attached hydrogens (tertiary/aromatic N) is 2. The summed E-state index contributed by atoms with van der Waals surface area (Å²) in [6, 6.07) is 56.7. The van der Waals surface area contributed by atoms with Crippen LogP contribution >= 0.6 is 0 Å². The predicted octanol–water partition coefficient (Wildman–Crippen LogP) is 10.3. The first-order valence-corrected chi connectivity index (χ1v) is 19.3. The van der Waals surface area contributed by atoms with Gasteiger partial charge in [-0.3, -0.25) is 0 Å². The Bertz CT molecular complexity index is 2490. The van der Waals surface area contributed by atoms with Crippen molar-refractivity contribution in [3.05, 3.63) is 158 Å².